The first kappa shape index (κ1) is 11.5. The van der Waals surface area contributed by atoms with E-state index in [1.54, 1.807) is 6.07 Å². The molecule has 1 aliphatic heterocycles. The maximum Gasteiger partial charge on any atom is 0.345 e. The van der Waals surface area contributed by atoms with Gasteiger partial charge in [-0.05, 0) is 30.4 Å². The molecule has 16 heavy (non-hydrogen) atoms. The number of aromatic carboxylic acids is 1. The van der Waals surface area contributed by atoms with Gasteiger partial charge >= 0.3 is 5.97 Å². The fourth-order valence-electron chi connectivity index (χ4n) is 2.08. The number of carbonyl (C=O) groups is 1. The Kier molecular flexibility index (Phi) is 3.19. The third-order valence-electron chi connectivity index (χ3n) is 3.45. The van der Waals surface area contributed by atoms with Crippen LogP contribution in [0, 0.1) is 11.8 Å². The summed E-state index contributed by atoms with van der Waals surface area (Å²) in [6.45, 7) is 6.65. The third kappa shape index (κ3) is 2.21. The van der Waals surface area contributed by atoms with E-state index >= 15 is 0 Å². The number of carboxylic acid groups (broad SMARTS) is 1. The van der Waals surface area contributed by atoms with Crippen LogP contribution in [0.25, 0.3) is 0 Å². The van der Waals surface area contributed by atoms with Crippen LogP contribution >= 0.6 is 11.3 Å². The molecule has 3 nitrogen and oxygen atoms in total. The van der Waals surface area contributed by atoms with E-state index in [0.29, 0.717) is 10.8 Å². The van der Waals surface area contributed by atoms with E-state index < -0.39 is 5.97 Å². The number of nitrogens with zero attached hydrogens (tertiary/aromatic N) is 1. The minimum atomic E-state index is -0.824. The van der Waals surface area contributed by atoms with E-state index in [2.05, 4.69) is 18.7 Å². The van der Waals surface area contributed by atoms with Crippen molar-refractivity contribution >= 4 is 22.3 Å². The molecule has 1 fully saturated rings. The Morgan fingerprint density at radius 1 is 1.44 bits per heavy atom. The Hall–Kier alpha value is -1.03. The molecule has 4 heteroatoms. The average Bonchev–Trinajstić information content (AvgIpc) is 2.71. The molecule has 0 radical (unpaired) electrons. The Bertz CT molecular complexity index is 388. The van der Waals surface area contributed by atoms with Crippen molar-refractivity contribution in [3.05, 3.63) is 17.0 Å². The minimum Gasteiger partial charge on any atom is -0.477 e. The lowest BCUT2D eigenvalue weighted by Gasteiger charge is -2.35. The summed E-state index contributed by atoms with van der Waals surface area (Å²) in [5, 5.41) is 9.98. The van der Waals surface area contributed by atoms with Crippen molar-refractivity contribution in [2.75, 3.05) is 18.0 Å². The van der Waals surface area contributed by atoms with Gasteiger partial charge in [-0.25, -0.2) is 4.79 Å². The molecule has 0 aromatic carbocycles. The van der Waals surface area contributed by atoms with Gasteiger partial charge in [0.2, 0.25) is 0 Å². The lowest BCUT2D eigenvalue weighted by molar-refractivity contribution is 0.0702. The molecule has 0 bridgehead atoms. The normalized spacial score (nSPS) is 25.8. The lowest BCUT2D eigenvalue weighted by atomic mass is 9.89. The number of hydrogen-bond acceptors (Lipinski definition) is 3. The first-order chi connectivity index (χ1) is 7.58. The Labute approximate surface area is 99.7 Å². The van der Waals surface area contributed by atoms with Crippen molar-refractivity contribution in [3.8, 4) is 0 Å². The number of thiophene rings is 1. The van der Waals surface area contributed by atoms with Crippen LogP contribution in [0.4, 0.5) is 5.00 Å². The van der Waals surface area contributed by atoms with E-state index in [1.807, 2.05) is 6.07 Å². The highest BCUT2D eigenvalue weighted by atomic mass is 32.1. The minimum absolute atomic E-state index is 0.432. The van der Waals surface area contributed by atoms with E-state index in [4.69, 9.17) is 5.11 Å². The summed E-state index contributed by atoms with van der Waals surface area (Å²) in [5.74, 6) is 0.633. The molecule has 2 rings (SSSR count). The zero-order chi connectivity index (χ0) is 11.7. The van der Waals surface area contributed by atoms with Crippen molar-refractivity contribution in [1.29, 1.82) is 0 Å². The van der Waals surface area contributed by atoms with Gasteiger partial charge in [-0.1, -0.05) is 13.8 Å². The van der Waals surface area contributed by atoms with Crippen molar-refractivity contribution in [2.24, 2.45) is 11.8 Å². The second-order valence-electron chi connectivity index (χ2n) is 4.63. The number of piperidine rings is 1. The van der Waals surface area contributed by atoms with Crippen LogP contribution < -0.4 is 4.90 Å². The number of anilines is 1. The molecule has 0 saturated carbocycles. The first-order valence-electron chi connectivity index (χ1n) is 5.66. The maximum absolute atomic E-state index is 10.8. The van der Waals surface area contributed by atoms with Crippen LogP contribution in [-0.2, 0) is 0 Å². The molecule has 2 unspecified atom stereocenters. The average molecular weight is 239 g/mol. The van der Waals surface area contributed by atoms with Crippen molar-refractivity contribution in [3.63, 3.8) is 0 Å². The zero-order valence-electron chi connectivity index (χ0n) is 9.64. The van der Waals surface area contributed by atoms with Crippen LogP contribution in [0.15, 0.2) is 12.1 Å². The van der Waals surface area contributed by atoms with E-state index in [1.165, 1.54) is 17.8 Å². The number of rotatable bonds is 2. The standard InChI is InChI=1S/C12H17NO2S/c1-8-5-6-13(7-9(8)2)11-4-3-10(16-11)12(14)15/h3-4,8-9H,5-7H2,1-2H3,(H,14,15). The molecule has 0 amide bonds. The molecule has 1 saturated heterocycles. The highest BCUT2D eigenvalue weighted by molar-refractivity contribution is 7.17. The lowest BCUT2D eigenvalue weighted by Crippen LogP contribution is -2.37. The van der Waals surface area contributed by atoms with Crippen molar-refractivity contribution in [1.82, 2.24) is 0 Å². The Morgan fingerprint density at radius 3 is 2.75 bits per heavy atom. The SMILES string of the molecule is CC1CCN(c2ccc(C(=O)O)s2)CC1C. The van der Waals surface area contributed by atoms with Gasteiger partial charge in [0.1, 0.15) is 4.88 Å². The first-order valence-corrected chi connectivity index (χ1v) is 6.47. The van der Waals surface area contributed by atoms with Gasteiger partial charge in [0, 0.05) is 13.1 Å². The highest BCUT2D eigenvalue weighted by Gasteiger charge is 2.24. The van der Waals surface area contributed by atoms with Gasteiger partial charge in [0.05, 0.1) is 5.00 Å². The molecular weight excluding hydrogens is 222 g/mol. The van der Waals surface area contributed by atoms with E-state index in [-0.39, 0.29) is 0 Å². The smallest absolute Gasteiger partial charge is 0.345 e. The monoisotopic (exact) mass is 239 g/mol. The van der Waals surface area contributed by atoms with Crippen LogP contribution in [-0.4, -0.2) is 24.2 Å². The second-order valence-corrected chi connectivity index (χ2v) is 5.69. The second kappa shape index (κ2) is 4.45. The summed E-state index contributed by atoms with van der Waals surface area (Å²) in [7, 11) is 0. The van der Waals surface area contributed by atoms with Gasteiger partial charge in [-0.2, -0.15) is 0 Å². The summed E-state index contributed by atoms with van der Waals surface area (Å²) < 4.78 is 0. The zero-order valence-corrected chi connectivity index (χ0v) is 10.5. The van der Waals surface area contributed by atoms with Gasteiger partial charge in [-0.3, -0.25) is 0 Å². The van der Waals surface area contributed by atoms with Gasteiger partial charge in [0.25, 0.3) is 0 Å². The Balaban J connectivity index is 2.09. The molecule has 2 atom stereocenters. The fourth-order valence-corrected chi connectivity index (χ4v) is 2.96. The molecule has 0 aliphatic carbocycles. The van der Waals surface area contributed by atoms with Crippen molar-refractivity contribution in [2.45, 2.75) is 20.3 Å². The quantitative estimate of drug-likeness (QED) is 0.862. The van der Waals surface area contributed by atoms with Crippen LogP contribution in [0.5, 0.6) is 0 Å². The van der Waals surface area contributed by atoms with Gasteiger partial charge in [0.15, 0.2) is 0 Å². The topological polar surface area (TPSA) is 40.5 Å². The van der Waals surface area contributed by atoms with E-state index in [9.17, 15) is 4.79 Å². The predicted molar refractivity (Wildman–Crippen MR) is 66.4 cm³/mol. The molecular formula is C12H17NO2S. The third-order valence-corrected chi connectivity index (χ3v) is 4.58. The molecule has 1 aromatic rings. The van der Waals surface area contributed by atoms with Crippen LogP contribution in [0.2, 0.25) is 0 Å². The van der Waals surface area contributed by atoms with Crippen LogP contribution in [0.1, 0.15) is 29.9 Å². The molecule has 1 N–H and O–H groups in total. The summed E-state index contributed by atoms with van der Waals surface area (Å²) in [5.41, 5.74) is 0. The highest BCUT2D eigenvalue weighted by Crippen LogP contribution is 2.31. The molecule has 88 valence electrons. The largest absolute Gasteiger partial charge is 0.477 e. The summed E-state index contributed by atoms with van der Waals surface area (Å²) in [6, 6.07) is 3.63. The van der Waals surface area contributed by atoms with Crippen LogP contribution in [0.3, 0.4) is 0 Å². The Morgan fingerprint density at radius 2 is 2.19 bits per heavy atom. The van der Waals surface area contributed by atoms with Gasteiger partial charge < -0.3 is 10.0 Å². The maximum atomic E-state index is 10.8. The molecule has 2 heterocycles. The van der Waals surface area contributed by atoms with Gasteiger partial charge in [-0.15, -0.1) is 11.3 Å². The molecule has 1 aromatic heterocycles. The summed E-state index contributed by atoms with van der Waals surface area (Å²) in [6.07, 6.45) is 1.20. The fraction of sp³-hybridized carbons (Fsp3) is 0.583. The summed E-state index contributed by atoms with van der Waals surface area (Å²) in [4.78, 5) is 13.5. The predicted octanol–water partition coefficient (Wildman–Crippen LogP) is 2.93. The van der Waals surface area contributed by atoms with E-state index in [0.717, 1.165) is 24.0 Å². The summed E-state index contributed by atoms with van der Waals surface area (Å²) >= 11 is 1.38. The molecule has 0 spiro atoms. The molecule has 1 aliphatic rings. The van der Waals surface area contributed by atoms with Crippen molar-refractivity contribution < 1.29 is 9.90 Å². The number of hydrogen-bond donors (Lipinski definition) is 1. The number of carboxylic acids is 1.